The Balaban J connectivity index is 1.67. The zero-order valence-electron chi connectivity index (χ0n) is 16.9. The lowest BCUT2D eigenvalue weighted by Gasteiger charge is -2.24. The quantitative estimate of drug-likeness (QED) is 0.518. The average molecular weight is 406 g/mol. The second-order valence-electron chi connectivity index (χ2n) is 7.69. The molecule has 1 saturated heterocycles. The molecule has 0 atom stereocenters. The summed E-state index contributed by atoms with van der Waals surface area (Å²) in [7, 11) is 1.77. The van der Waals surface area contributed by atoms with E-state index in [4.69, 9.17) is 4.99 Å². The van der Waals surface area contributed by atoms with Crippen LogP contribution in [0.4, 0.5) is 0 Å². The number of hydrogen-bond acceptors (Lipinski definition) is 6. The number of amidine groups is 1. The lowest BCUT2D eigenvalue weighted by molar-refractivity contribution is 0.383. The van der Waals surface area contributed by atoms with Crippen molar-refractivity contribution in [3.05, 3.63) is 22.8 Å². The Hall–Kier alpha value is -1.21. The number of allylic oxidation sites excluding steroid dienone is 2. The van der Waals surface area contributed by atoms with Gasteiger partial charge in [-0.3, -0.25) is 9.98 Å². The lowest BCUT2D eigenvalue weighted by atomic mass is 10.2. The van der Waals surface area contributed by atoms with Gasteiger partial charge in [-0.05, 0) is 37.7 Å². The largest absolute Gasteiger partial charge is 0.375 e. The van der Waals surface area contributed by atoms with Crippen molar-refractivity contribution in [3.63, 3.8) is 0 Å². The molecule has 3 aliphatic heterocycles. The van der Waals surface area contributed by atoms with Crippen molar-refractivity contribution in [3.8, 4) is 0 Å². The number of rotatable bonds is 4. The fourth-order valence-corrected chi connectivity index (χ4v) is 5.44. The van der Waals surface area contributed by atoms with Crippen LogP contribution < -0.4 is 0 Å². The second-order valence-corrected chi connectivity index (χ2v) is 10.5. The van der Waals surface area contributed by atoms with Crippen LogP contribution in [0, 0.1) is 0 Å². The van der Waals surface area contributed by atoms with Crippen LogP contribution in [0.1, 0.15) is 40.0 Å². The van der Waals surface area contributed by atoms with E-state index in [1.165, 1.54) is 15.6 Å². The monoisotopic (exact) mass is 405 g/mol. The smallest absolute Gasteiger partial charge is 0.159 e. The molecule has 5 nitrogen and oxygen atoms in total. The molecule has 0 aromatic carbocycles. The molecule has 1 fully saturated rings. The lowest BCUT2D eigenvalue weighted by Crippen LogP contribution is -2.32. The highest BCUT2D eigenvalue weighted by molar-refractivity contribution is 8.18. The Morgan fingerprint density at radius 3 is 2.81 bits per heavy atom. The Morgan fingerprint density at radius 2 is 2.11 bits per heavy atom. The minimum atomic E-state index is 0.247. The first kappa shape index (κ1) is 20.5. The van der Waals surface area contributed by atoms with E-state index >= 15 is 0 Å². The van der Waals surface area contributed by atoms with Crippen LogP contribution in [0.3, 0.4) is 0 Å². The maximum atomic E-state index is 4.78. The summed E-state index contributed by atoms with van der Waals surface area (Å²) in [5.74, 6) is 0. The van der Waals surface area contributed by atoms with Crippen LogP contribution >= 0.6 is 23.5 Å². The van der Waals surface area contributed by atoms with Gasteiger partial charge in [-0.1, -0.05) is 36.9 Å². The van der Waals surface area contributed by atoms with Gasteiger partial charge in [0, 0.05) is 49.7 Å². The predicted molar refractivity (Wildman–Crippen MR) is 122 cm³/mol. The topological polar surface area (TPSA) is 43.6 Å². The molecule has 3 aliphatic rings. The summed E-state index contributed by atoms with van der Waals surface area (Å²) in [4.78, 5) is 19.7. The molecule has 148 valence electrons. The van der Waals surface area contributed by atoms with E-state index in [2.05, 4.69) is 52.8 Å². The number of thioether (sulfide) groups is 2. The molecule has 0 saturated carbocycles. The van der Waals surface area contributed by atoms with Gasteiger partial charge < -0.3 is 9.80 Å². The van der Waals surface area contributed by atoms with E-state index in [1.54, 1.807) is 25.1 Å². The van der Waals surface area contributed by atoms with E-state index in [0.717, 1.165) is 57.0 Å². The van der Waals surface area contributed by atoms with Gasteiger partial charge in [-0.25, -0.2) is 4.99 Å². The van der Waals surface area contributed by atoms with Crippen LogP contribution in [-0.2, 0) is 0 Å². The molecular formula is C20H31N5S2. The van der Waals surface area contributed by atoms with Crippen LogP contribution in [0.15, 0.2) is 37.7 Å². The third kappa shape index (κ3) is 5.64. The van der Waals surface area contributed by atoms with Crippen molar-refractivity contribution in [1.29, 1.82) is 0 Å². The van der Waals surface area contributed by atoms with Gasteiger partial charge in [0.1, 0.15) is 11.4 Å². The van der Waals surface area contributed by atoms with Crippen molar-refractivity contribution < 1.29 is 0 Å². The standard InChI is InChI=1S/C20H31N5S2/c1-5-7-17-12-16(18(26-17)23-15-21-4)13-24-8-6-9-25(11-10-24)19-22-14-20(2,3)27-19/h12-13,15H,5-11,14H2,1-4H3/b16-13+,21-15?,23-18?. The second kappa shape index (κ2) is 9.32. The highest BCUT2D eigenvalue weighted by atomic mass is 32.2. The van der Waals surface area contributed by atoms with E-state index in [-0.39, 0.29) is 4.75 Å². The first-order valence-corrected chi connectivity index (χ1v) is 11.5. The third-order valence-electron chi connectivity index (χ3n) is 4.66. The van der Waals surface area contributed by atoms with E-state index in [9.17, 15) is 0 Å². The van der Waals surface area contributed by atoms with Gasteiger partial charge in [0.2, 0.25) is 0 Å². The summed E-state index contributed by atoms with van der Waals surface area (Å²) in [5.41, 5.74) is 1.23. The fourth-order valence-electron chi connectivity index (χ4n) is 3.31. The minimum Gasteiger partial charge on any atom is -0.375 e. The molecule has 0 N–H and O–H groups in total. The molecule has 0 unspecified atom stereocenters. The summed E-state index contributed by atoms with van der Waals surface area (Å²) in [5, 5.41) is 2.31. The molecule has 0 bridgehead atoms. The average Bonchev–Trinajstić information content (AvgIpc) is 3.08. The van der Waals surface area contributed by atoms with E-state index in [1.807, 2.05) is 11.8 Å². The van der Waals surface area contributed by atoms with E-state index < -0.39 is 0 Å². The maximum Gasteiger partial charge on any atom is 0.159 e. The van der Waals surface area contributed by atoms with Crippen molar-refractivity contribution in [2.45, 2.75) is 44.8 Å². The highest BCUT2D eigenvalue weighted by Gasteiger charge is 2.30. The Morgan fingerprint density at radius 1 is 1.26 bits per heavy atom. The van der Waals surface area contributed by atoms with Crippen molar-refractivity contribution in [2.24, 2.45) is 15.0 Å². The summed E-state index contributed by atoms with van der Waals surface area (Å²) in [6, 6.07) is 0. The Labute approximate surface area is 172 Å². The Bertz CT molecular complexity index is 690. The predicted octanol–water partition coefficient (Wildman–Crippen LogP) is 4.25. The number of hydrogen-bond donors (Lipinski definition) is 0. The molecule has 0 radical (unpaired) electrons. The van der Waals surface area contributed by atoms with Gasteiger partial charge in [-0.2, -0.15) is 0 Å². The normalized spacial score (nSPS) is 26.2. The Kier molecular flexibility index (Phi) is 7.09. The molecule has 0 spiro atoms. The number of nitrogens with zero attached hydrogens (tertiary/aromatic N) is 5. The minimum absolute atomic E-state index is 0.247. The van der Waals surface area contributed by atoms with Crippen LogP contribution in [0.25, 0.3) is 0 Å². The van der Waals surface area contributed by atoms with Gasteiger partial charge in [0.05, 0.1) is 6.54 Å². The SMILES string of the molecule is CCCC1=C/C(=C\N2CCCN(C3=NCC(C)(C)S3)CC2)C(=NC=NC)S1. The summed E-state index contributed by atoms with van der Waals surface area (Å²) in [6.45, 7) is 11.9. The van der Waals surface area contributed by atoms with Crippen LogP contribution in [-0.4, -0.2) is 70.9 Å². The molecule has 27 heavy (non-hydrogen) atoms. The van der Waals surface area contributed by atoms with Gasteiger partial charge in [0.25, 0.3) is 0 Å². The number of aliphatic imine (C=N–C) groups is 3. The third-order valence-corrected chi connectivity index (χ3v) is 7.03. The summed E-state index contributed by atoms with van der Waals surface area (Å²) in [6.07, 6.45) is 9.69. The summed E-state index contributed by atoms with van der Waals surface area (Å²) < 4.78 is 0.247. The van der Waals surface area contributed by atoms with Gasteiger partial charge >= 0.3 is 0 Å². The van der Waals surface area contributed by atoms with Gasteiger partial charge in [0.15, 0.2) is 5.17 Å². The highest BCUT2D eigenvalue weighted by Crippen LogP contribution is 2.35. The molecule has 0 aromatic heterocycles. The van der Waals surface area contributed by atoms with Crippen molar-refractivity contribution in [1.82, 2.24) is 9.80 Å². The van der Waals surface area contributed by atoms with Gasteiger partial charge in [-0.15, -0.1) is 0 Å². The fraction of sp³-hybridized carbons (Fsp3) is 0.650. The maximum absolute atomic E-state index is 4.78. The molecular weight excluding hydrogens is 374 g/mol. The molecule has 0 aliphatic carbocycles. The van der Waals surface area contributed by atoms with Crippen LogP contribution in [0.2, 0.25) is 0 Å². The summed E-state index contributed by atoms with van der Waals surface area (Å²) >= 11 is 3.72. The van der Waals surface area contributed by atoms with Crippen molar-refractivity contribution >= 4 is 40.1 Å². The molecule has 3 rings (SSSR count). The first-order chi connectivity index (χ1) is 13.0. The molecule has 0 aromatic rings. The molecule has 0 amide bonds. The zero-order chi connectivity index (χ0) is 19.3. The first-order valence-electron chi connectivity index (χ1n) is 9.82. The van der Waals surface area contributed by atoms with Crippen molar-refractivity contribution in [2.75, 3.05) is 39.8 Å². The zero-order valence-corrected chi connectivity index (χ0v) is 18.6. The molecule has 7 heteroatoms. The van der Waals surface area contributed by atoms with Crippen LogP contribution in [0.5, 0.6) is 0 Å². The van der Waals surface area contributed by atoms with E-state index in [0.29, 0.717) is 0 Å². The molecule has 3 heterocycles.